The summed E-state index contributed by atoms with van der Waals surface area (Å²) >= 11 is 3.52. The van der Waals surface area contributed by atoms with Crippen molar-refractivity contribution in [3.8, 4) is 0 Å². The van der Waals surface area contributed by atoms with Gasteiger partial charge in [0.2, 0.25) is 5.91 Å². The number of primary amides is 1. The zero-order valence-electron chi connectivity index (χ0n) is 10.2. The third kappa shape index (κ3) is 3.03. The molecule has 1 aliphatic heterocycles. The van der Waals surface area contributed by atoms with E-state index in [1.807, 2.05) is 12.1 Å². The van der Waals surface area contributed by atoms with Crippen molar-refractivity contribution in [3.05, 3.63) is 28.2 Å². The van der Waals surface area contributed by atoms with Crippen LogP contribution in [-0.4, -0.2) is 23.9 Å². The van der Waals surface area contributed by atoms with Crippen molar-refractivity contribution in [1.82, 2.24) is 4.90 Å². The van der Waals surface area contributed by atoms with Gasteiger partial charge in [-0.25, -0.2) is 0 Å². The molecule has 1 aliphatic rings. The molecule has 0 aliphatic carbocycles. The quantitative estimate of drug-likeness (QED) is 0.835. The maximum atomic E-state index is 11.1. The first kappa shape index (κ1) is 13.4. The summed E-state index contributed by atoms with van der Waals surface area (Å²) in [6.45, 7) is 2.68. The Morgan fingerprint density at radius 3 is 2.67 bits per heavy atom. The summed E-state index contributed by atoms with van der Waals surface area (Å²) in [5, 5.41) is 0. The summed E-state index contributed by atoms with van der Waals surface area (Å²) in [5.41, 5.74) is 13.1. The van der Waals surface area contributed by atoms with Gasteiger partial charge >= 0.3 is 0 Å². The van der Waals surface area contributed by atoms with Crippen LogP contribution in [0.5, 0.6) is 0 Å². The first-order valence-electron chi connectivity index (χ1n) is 6.12. The van der Waals surface area contributed by atoms with Gasteiger partial charge in [-0.1, -0.05) is 12.1 Å². The molecule has 1 saturated heterocycles. The van der Waals surface area contributed by atoms with E-state index in [0.29, 0.717) is 0 Å². The summed E-state index contributed by atoms with van der Waals surface area (Å²) in [5.74, 6) is -0.120. The number of carbonyl (C=O) groups excluding carboxylic acids is 1. The number of nitrogens with two attached hydrogens (primary N) is 2. The van der Waals surface area contributed by atoms with Crippen molar-refractivity contribution in [2.24, 2.45) is 11.7 Å². The van der Waals surface area contributed by atoms with E-state index in [0.717, 1.165) is 42.6 Å². The van der Waals surface area contributed by atoms with Crippen LogP contribution < -0.4 is 11.5 Å². The minimum atomic E-state index is -0.167. The number of benzene rings is 1. The summed E-state index contributed by atoms with van der Waals surface area (Å²) in [6, 6.07) is 5.92. The molecule has 0 atom stereocenters. The monoisotopic (exact) mass is 311 g/mol. The Hall–Kier alpha value is -1.07. The smallest absolute Gasteiger partial charge is 0.220 e. The van der Waals surface area contributed by atoms with E-state index in [9.17, 15) is 4.79 Å². The van der Waals surface area contributed by atoms with Crippen molar-refractivity contribution < 1.29 is 4.79 Å². The minimum Gasteiger partial charge on any atom is -0.398 e. The van der Waals surface area contributed by atoms with E-state index in [-0.39, 0.29) is 11.8 Å². The van der Waals surface area contributed by atoms with Gasteiger partial charge in [-0.2, -0.15) is 0 Å². The third-order valence-electron chi connectivity index (χ3n) is 3.49. The highest BCUT2D eigenvalue weighted by Gasteiger charge is 2.23. The van der Waals surface area contributed by atoms with Crippen LogP contribution in [-0.2, 0) is 11.3 Å². The standard InChI is InChI=1S/C13H18BrN3O/c14-12-10(2-1-3-11(12)15)8-17-6-4-9(5-7-17)13(16)18/h1-3,9H,4-8,15H2,(H2,16,18). The fraction of sp³-hybridized carbons (Fsp3) is 0.462. The fourth-order valence-electron chi connectivity index (χ4n) is 2.34. The molecule has 0 bridgehead atoms. The lowest BCUT2D eigenvalue weighted by atomic mass is 9.96. The van der Waals surface area contributed by atoms with E-state index in [4.69, 9.17) is 11.5 Å². The molecule has 0 radical (unpaired) electrons. The number of hydrogen-bond donors (Lipinski definition) is 2. The van der Waals surface area contributed by atoms with E-state index >= 15 is 0 Å². The number of nitrogen functional groups attached to an aromatic ring is 1. The molecule has 1 amide bonds. The molecule has 0 spiro atoms. The average molecular weight is 312 g/mol. The first-order valence-corrected chi connectivity index (χ1v) is 6.91. The lowest BCUT2D eigenvalue weighted by Crippen LogP contribution is -2.38. The highest BCUT2D eigenvalue weighted by molar-refractivity contribution is 9.10. The number of piperidine rings is 1. The number of halogens is 1. The van der Waals surface area contributed by atoms with E-state index in [1.165, 1.54) is 5.56 Å². The van der Waals surface area contributed by atoms with Gasteiger partial charge in [-0.15, -0.1) is 0 Å². The zero-order chi connectivity index (χ0) is 13.1. The Labute approximate surface area is 115 Å². The van der Waals surface area contributed by atoms with Crippen LogP contribution in [0.2, 0.25) is 0 Å². The predicted molar refractivity (Wildman–Crippen MR) is 75.7 cm³/mol. The molecule has 1 aromatic rings. The molecular weight excluding hydrogens is 294 g/mol. The Kier molecular flexibility index (Phi) is 4.24. The Bertz CT molecular complexity index is 442. The van der Waals surface area contributed by atoms with Crippen LogP contribution in [0.15, 0.2) is 22.7 Å². The Morgan fingerprint density at radius 1 is 1.39 bits per heavy atom. The van der Waals surface area contributed by atoms with Crippen LogP contribution >= 0.6 is 15.9 Å². The summed E-state index contributed by atoms with van der Waals surface area (Å²) < 4.78 is 0.974. The maximum Gasteiger partial charge on any atom is 0.220 e. The highest BCUT2D eigenvalue weighted by Crippen LogP contribution is 2.26. The topological polar surface area (TPSA) is 72.4 Å². The van der Waals surface area contributed by atoms with Gasteiger partial charge in [0.05, 0.1) is 0 Å². The van der Waals surface area contributed by atoms with Crippen molar-refractivity contribution in [3.63, 3.8) is 0 Å². The fourth-order valence-corrected chi connectivity index (χ4v) is 2.73. The number of carbonyl (C=O) groups is 1. The number of hydrogen-bond acceptors (Lipinski definition) is 3. The number of amides is 1. The molecular formula is C13H18BrN3O. The van der Waals surface area contributed by atoms with Gasteiger partial charge in [0.1, 0.15) is 0 Å². The molecule has 2 rings (SSSR count). The number of nitrogens with zero attached hydrogens (tertiary/aromatic N) is 1. The molecule has 18 heavy (non-hydrogen) atoms. The molecule has 1 fully saturated rings. The van der Waals surface area contributed by atoms with Crippen LogP contribution in [0.1, 0.15) is 18.4 Å². The van der Waals surface area contributed by atoms with Crippen molar-refractivity contribution >= 4 is 27.5 Å². The van der Waals surface area contributed by atoms with Gasteiger partial charge in [-0.3, -0.25) is 9.69 Å². The Morgan fingerprint density at radius 2 is 2.06 bits per heavy atom. The summed E-state index contributed by atoms with van der Waals surface area (Å²) in [6.07, 6.45) is 1.71. The SMILES string of the molecule is NC(=O)C1CCN(Cc2cccc(N)c2Br)CC1. The largest absolute Gasteiger partial charge is 0.398 e. The normalized spacial score (nSPS) is 17.8. The maximum absolute atomic E-state index is 11.1. The minimum absolute atomic E-state index is 0.0468. The molecule has 5 heteroatoms. The number of anilines is 1. The first-order chi connectivity index (χ1) is 8.58. The molecule has 0 unspecified atom stereocenters. The van der Waals surface area contributed by atoms with Crippen molar-refractivity contribution in [2.75, 3.05) is 18.8 Å². The zero-order valence-corrected chi connectivity index (χ0v) is 11.8. The summed E-state index contributed by atoms with van der Waals surface area (Å²) in [4.78, 5) is 13.4. The summed E-state index contributed by atoms with van der Waals surface area (Å²) in [7, 11) is 0. The van der Waals surface area contributed by atoms with Gasteiger partial charge in [-0.05, 0) is 53.5 Å². The molecule has 98 valence electrons. The predicted octanol–water partition coefficient (Wildman–Crippen LogP) is 1.73. The van der Waals surface area contributed by atoms with E-state index < -0.39 is 0 Å². The second kappa shape index (κ2) is 5.71. The van der Waals surface area contributed by atoms with Gasteiger partial charge in [0, 0.05) is 22.6 Å². The average Bonchev–Trinajstić information content (AvgIpc) is 2.36. The lowest BCUT2D eigenvalue weighted by molar-refractivity contribution is -0.123. The lowest BCUT2D eigenvalue weighted by Gasteiger charge is -2.30. The Balaban J connectivity index is 1.96. The second-order valence-corrected chi connectivity index (χ2v) is 5.57. The molecule has 0 aromatic heterocycles. The highest BCUT2D eigenvalue weighted by atomic mass is 79.9. The van der Waals surface area contributed by atoms with Crippen LogP contribution in [0.4, 0.5) is 5.69 Å². The van der Waals surface area contributed by atoms with Crippen molar-refractivity contribution in [1.29, 1.82) is 0 Å². The molecule has 4 nitrogen and oxygen atoms in total. The van der Waals surface area contributed by atoms with Crippen LogP contribution in [0.3, 0.4) is 0 Å². The number of rotatable bonds is 3. The molecule has 1 aromatic carbocycles. The van der Waals surface area contributed by atoms with Crippen LogP contribution in [0, 0.1) is 5.92 Å². The van der Waals surface area contributed by atoms with Gasteiger partial charge in [0.15, 0.2) is 0 Å². The van der Waals surface area contributed by atoms with Crippen LogP contribution in [0.25, 0.3) is 0 Å². The third-order valence-corrected chi connectivity index (χ3v) is 4.46. The second-order valence-electron chi connectivity index (χ2n) is 4.77. The van der Waals surface area contributed by atoms with E-state index in [1.54, 1.807) is 0 Å². The molecule has 1 heterocycles. The molecule has 0 saturated carbocycles. The van der Waals surface area contributed by atoms with Crippen molar-refractivity contribution in [2.45, 2.75) is 19.4 Å². The van der Waals surface area contributed by atoms with E-state index in [2.05, 4.69) is 26.9 Å². The molecule has 4 N–H and O–H groups in total. The van der Waals surface area contributed by atoms with Gasteiger partial charge < -0.3 is 11.5 Å². The van der Waals surface area contributed by atoms with Gasteiger partial charge in [0.25, 0.3) is 0 Å². The number of likely N-dealkylation sites (tertiary alicyclic amines) is 1.